The summed E-state index contributed by atoms with van der Waals surface area (Å²) in [5.74, 6) is 0.782. The Kier molecular flexibility index (Phi) is 3.94. The van der Waals surface area contributed by atoms with Crippen molar-refractivity contribution in [3.05, 3.63) is 53.7 Å². The summed E-state index contributed by atoms with van der Waals surface area (Å²) in [6.45, 7) is -0.0607. The van der Waals surface area contributed by atoms with Crippen molar-refractivity contribution in [2.24, 2.45) is 10.9 Å². The van der Waals surface area contributed by atoms with Crippen LogP contribution in [0.25, 0.3) is 0 Å². The SMILES string of the molecule is NC(=NO)c1cccc(Oc2cccc(CO)c2)n1. The quantitative estimate of drug-likeness (QED) is 0.334. The van der Waals surface area contributed by atoms with Gasteiger partial charge in [0.15, 0.2) is 5.84 Å². The Bertz CT molecular complexity index is 599. The molecule has 6 nitrogen and oxygen atoms in total. The van der Waals surface area contributed by atoms with Gasteiger partial charge in [0.2, 0.25) is 5.88 Å². The summed E-state index contributed by atoms with van der Waals surface area (Å²) in [6.07, 6.45) is 0. The molecule has 98 valence electrons. The normalized spacial score (nSPS) is 11.3. The first-order valence-electron chi connectivity index (χ1n) is 5.55. The Morgan fingerprint density at radius 1 is 1.26 bits per heavy atom. The number of oxime groups is 1. The second kappa shape index (κ2) is 5.83. The number of aromatic nitrogens is 1. The van der Waals surface area contributed by atoms with Gasteiger partial charge in [-0.05, 0) is 23.8 Å². The zero-order valence-electron chi connectivity index (χ0n) is 10.0. The molecule has 1 aromatic heterocycles. The fourth-order valence-electron chi connectivity index (χ4n) is 1.49. The monoisotopic (exact) mass is 259 g/mol. The molecule has 4 N–H and O–H groups in total. The van der Waals surface area contributed by atoms with Gasteiger partial charge >= 0.3 is 0 Å². The molecule has 2 rings (SSSR count). The predicted molar refractivity (Wildman–Crippen MR) is 69.2 cm³/mol. The van der Waals surface area contributed by atoms with Gasteiger partial charge in [0.05, 0.1) is 6.61 Å². The topological polar surface area (TPSA) is 101 Å². The molecule has 0 amide bonds. The Hall–Kier alpha value is -2.60. The van der Waals surface area contributed by atoms with Gasteiger partial charge < -0.3 is 20.8 Å². The first kappa shape index (κ1) is 12.8. The third-order valence-corrected chi connectivity index (χ3v) is 2.40. The summed E-state index contributed by atoms with van der Waals surface area (Å²) >= 11 is 0. The van der Waals surface area contributed by atoms with Crippen LogP contribution in [0.5, 0.6) is 11.6 Å². The van der Waals surface area contributed by atoms with Crippen molar-refractivity contribution in [2.45, 2.75) is 6.61 Å². The molecule has 6 heteroatoms. The number of amidine groups is 1. The molecule has 0 saturated heterocycles. The van der Waals surface area contributed by atoms with E-state index in [4.69, 9.17) is 20.8 Å². The van der Waals surface area contributed by atoms with Crippen LogP contribution in [0.4, 0.5) is 0 Å². The lowest BCUT2D eigenvalue weighted by atomic mass is 10.2. The minimum atomic E-state index is -0.0884. The number of aliphatic hydroxyl groups excluding tert-OH is 1. The molecule has 0 atom stereocenters. The van der Waals surface area contributed by atoms with Crippen molar-refractivity contribution in [3.8, 4) is 11.6 Å². The van der Waals surface area contributed by atoms with Crippen LogP contribution in [0.2, 0.25) is 0 Å². The number of ether oxygens (including phenoxy) is 1. The number of hydrogen-bond donors (Lipinski definition) is 3. The highest BCUT2D eigenvalue weighted by Crippen LogP contribution is 2.20. The lowest BCUT2D eigenvalue weighted by Crippen LogP contribution is -2.14. The third kappa shape index (κ3) is 3.20. The summed E-state index contributed by atoms with van der Waals surface area (Å²) in [7, 11) is 0. The third-order valence-electron chi connectivity index (χ3n) is 2.40. The first-order chi connectivity index (χ1) is 9.22. The van der Waals surface area contributed by atoms with Crippen LogP contribution in [-0.2, 0) is 6.61 Å². The van der Waals surface area contributed by atoms with E-state index in [-0.39, 0.29) is 12.4 Å². The number of rotatable bonds is 4. The van der Waals surface area contributed by atoms with Crippen LogP contribution < -0.4 is 10.5 Å². The largest absolute Gasteiger partial charge is 0.439 e. The van der Waals surface area contributed by atoms with Crippen LogP contribution in [0.3, 0.4) is 0 Å². The Morgan fingerprint density at radius 2 is 2.05 bits per heavy atom. The number of pyridine rings is 1. The van der Waals surface area contributed by atoms with Gasteiger partial charge in [-0.2, -0.15) is 0 Å². The van der Waals surface area contributed by atoms with Gasteiger partial charge in [-0.25, -0.2) is 4.98 Å². The average Bonchev–Trinajstić information content (AvgIpc) is 2.47. The fraction of sp³-hybridized carbons (Fsp3) is 0.0769. The molecule has 0 aliphatic rings. The van der Waals surface area contributed by atoms with Gasteiger partial charge in [-0.1, -0.05) is 23.4 Å². The van der Waals surface area contributed by atoms with Gasteiger partial charge in [0, 0.05) is 6.07 Å². The maximum absolute atomic E-state index is 9.05. The maximum Gasteiger partial charge on any atom is 0.219 e. The van der Waals surface area contributed by atoms with Gasteiger partial charge in [-0.15, -0.1) is 0 Å². The van der Waals surface area contributed by atoms with Crippen molar-refractivity contribution < 1.29 is 15.1 Å². The van der Waals surface area contributed by atoms with Crippen LogP contribution in [0.1, 0.15) is 11.3 Å². The van der Waals surface area contributed by atoms with E-state index in [1.165, 1.54) is 0 Å². The molecule has 0 saturated carbocycles. The first-order valence-corrected chi connectivity index (χ1v) is 5.55. The van der Waals surface area contributed by atoms with Crippen molar-refractivity contribution in [1.82, 2.24) is 4.98 Å². The molecule has 0 bridgehead atoms. The number of aliphatic hydroxyl groups is 1. The van der Waals surface area contributed by atoms with Gasteiger partial charge in [0.25, 0.3) is 0 Å². The van der Waals surface area contributed by atoms with Crippen molar-refractivity contribution in [3.63, 3.8) is 0 Å². The van der Waals surface area contributed by atoms with Crippen LogP contribution in [0.15, 0.2) is 47.6 Å². The molecule has 0 unspecified atom stereocenters. The highest BCUT2D eigenvalue weighted by molar-refractivity contribution is 5.95. The fourth-order valence-corrected chi connectivity index (χ4v) is 1.49. The molecule has 19 heavy (non-hydrogen) atoms. The van der Waals surface area contributed by atoms with Gasteiger partial charge in [0.1, 0.15) is 11.4 Å². The zero-order chi connectivity index (χ0) is 13.7. The smallest absolute Gasteiger partial charge is 0.219 e. The van der Waals surface area contributed by atoms with Crippen LogP contribution >= 0.6 is 0 Å². The van der Waals surface area contributed by atoms with E-state index in [9.17, 15) is 0 Å². The molecule has 0 aliphatic heterocycles. The summed E-state index contributed by atoms with van der Waals surface area (Å²) in [6, 6.07) is 12.0. The molecule has 2 aromatic rings. The minimum Gasteiger partial charge on any atom is -0.439 e. The molecule has 0 radical (unpaired) electrons. The summed E-state index contributed by atoms with van der Waals surface area (Å²) in [5.41, 5.74) is 6.51. The molecular formula is C13H13N3O3. The summed E-state index contributed by atoms with van der Waals surface area (Å²) in [4.78, 5) is 4.09. The highest BCUT2D eigenvalue weighted by atomic mass is 16.5. The second-order valence-corrected chi connectivity index (χ2v) is 3.75. The van der Waals surface area contributed by atoms with Crippen molar-refractivity contribution in [1.29, 1.82) is 0 Å². The predicted octanol–water partition coefficient (Wildman–Crippen LogP) is 1.46. The molecular weight excluding hydrogens is 246 g/mol. The molecule has 1 heterocycles. The van der Waals surface area contributed by atoms with E-state index in [2.05, 4.69) is 10.1 Å². The summed E-state index contributed by atoms with van der Waals surface area (Å²) in [5, 5.41) is 20.5. The van der Waals surface area contributed by atoms with Crippen LogP contribution in [-0.4, -0.2) is 21.1 Å². The van der Waals surface area contributed by atoms with E-state index in [1.54, 1.807) is 42.5 Å². The van der Waals surface area contributed by atoms with Crippen molar-refractivity contribution >= 4 is 5.84 Å². The number of nitrogens with two attached hydrogens (primary N) is 1. The van der Waals surface area contributed by atoms with E-state index < -0.39 is 0 Å². The average molecular weight is 259 g/mol. The standard InChI is InChI=1S/C13H13N3O3/c14-13(16-18)11-5-2-6-12(15-11)19-10-4-1-3-9(7-10)8-17/h1-7,17-18H,8H2,(H2,14,16). The lowest BCUT2D eigenvalue weighted by molar-refractivity contribution is 0.281. The maximum atomic E-state index is 9.05. The molecule has 0 fully saturated rings. The lowest BCUT2D eigenvalue weighted by Gasteiger charge is -2.07. The molecule has 0 aliphatic carbocycles. The van der Waals surface area contributed by atoms with Crippen LogP contribution in [0, 0.1) is 0 Å². The Balaban J connectivity index is 2.23. The minimum absolute atomic E-state index is 0.0607. The summed E-state index contributed by atoms with van der Waals surface area (Å²) < 4.78 is 5.54. The van der Waals surface area contributed by atoms with E-state index in [1.807, 2.05) is 0 Å². The Labute approximate surface area is 109 Å². The molecule has 0 spiro atoms. The highest BCUT2D eigenvalue weighted by Gasteiger charge is 2.04. The van der Waals surface area contributed by atoms with E-state index >= 15 is 0 Å². The molecule has 1 aromatic carbocycles. The number of benzene rings is 1. The Morgan fingerprint density at radius 3 is 2.79 bits per heavy atom. The number of nitrogens with zero attached hydrogens (tertiary/aromatic N) is 2. The van der Waals surface area contributed by atoms with Gasteiger partial charge in [-0.3, -0.25) is 0 Å². The number of hydrogen-bond acceptors (Lipinski definition) is 5. The second-order valence-electron chi connectivity index (χ2n) is 3.75. The van der Waals surface area contributed by atoms with E-state index in [0.717, 1.165) is 5.56 Å². The zero-order valence-corrected chi connectivity index (χ0v) is 10.0. The van der Waals surface area contributed by atoms with E-state index in [0.29, 0.717) is 17.3 Å². The van der Waals surface area contributed by atoms with Crippen molar-refractivity contribution in [2.75, 3.05) is 0 Å².